The Balaban J connectivity index is 1.40. The summed E-state index contributed by atoms with van der Waals surface area (Å²) in [5.41, 5.74) is 1.36. The highest BCUT2D eigenvalue weighted by atomic mass is 19.1. The Morgan fingerprint density at radius 1 is 1.23 bits per heavy atom. The normalized spacial score (nSPS) is 14.8. The van der Waals surface area contributed by atoms with Crippen molar-refractivity contribution < 1.29 is 18.7 Å². The number of hydrogen-bond acceptors (Lipinski definition) is 5. The van der Waals surface area contributed by atoms with Gasteiger partial charge in [0.15, 0.2) is 5.78 Å². The van der Waals surface area contributed by atoms with Crippen molar-refractivity contribution in [3.05, 3.63) is 59.5 Å². The van der Waals surface area contributed by atoms with Crippen LogP contribution in [0.5, 0.6) is 5.88 Å². The molecule has 1 aromatic carbocycles. The molecule has 166 valence electrons. The molecule has 1 aliphatic heterocycles. The predicted molar refractivity (Wildman–Crippen MR) is 116 cm³/mol. The molecule has 3 rings (SSSR count). The van der Waals surface area contributed by atoms with Gasteiger partial charge in [-0.25, -0.2) is 14.2 Å². The first-order chi connectivity index (χ1) is 15.0. The van der Waals surface area contributed by atoms with Crippen molar-refractivity contribution in [3.8, 4) is 5.88 Å². The molecule has 0 radical (unpaired) electrons. The summed E-state index contributed by atoms with van der Waals surface area (Å²) in [7, 11) is 3.35. The number of Topliss-reactive ketones (excluding diaryl/α,β-unsaturated/α-hetero) is 1. The van der Waals surface area contributed by atoms with Gasteiger partial charge in [-0.05, 0) is 62.2 Å². The first-order valence-electron chi connectivity index (χ1n) is 10.4. The number of nitrogens with one attached hydrogen (secondary N) is 1. The molecule has 1 aliphatic rings. The summed E-state index contributed by atoms with van der Waals surface area (Å²) in [4.78, 5) is 32.8. The Morgan fingerprint density at radius 3 is 2.61 bits per heavy atom. The molecule has 0 aliphatic carbocycles. The van der Waals surface area contributed by atoms with Gasteiger partial charge in [-0.15, -0.1) is 0 Å². The van der Waals surface area contributed by atoms with E-state index >= 15 is 0 Å². The number of carbonyl (C=O) groups excluding carboxylic acids is 2. The zero-order valence-corrected chi connectivity index (χ0v) is 18.0. The van der Waals surface area contributed by atoms with E-state index in [9.17, 15) is 14.0 Å². The van der Waals surface area contributed by atoms with Crippen LogP contribution in [0.15, 0.2) is 42.6 Å². The van der Waals surface area contributed by atoms with Crippen LogP contribution in [0.4, 0.5) is 9.18 Å². The van der Waals surface area contributed by atoms with E-state index in [1.54, 1.807) is 25.3 Å². The number of urea groups is 1. The van der Waals surface area contributed by atoms with Crippen molar-refractivity contribution in [2.45, 2.75) is 19.4 Å². The van der Waals surface area contributed by atoms with Gasteiger partial charge in [0, 0.05) is 37.5 Å². The summed E-state index contributed by atoms with van der Waals surface area (Å²) < 4.78 is 18.2. The molecule has 0 saturated carbocycles. The lowest BCUT2D eigenvalue weighted by Gasteiger charge is -2.33. The average Bonchev–Trinajstić information content (AvgIpc) is 2.79. The van der Waals surface area contributed by atoms with Crippen LogP contribution in [0.3, 0.4) is 0 Å². The van der Waals surface area contributed by atoms with Gasteiger partial charge >= 0.3 is 6.03 Å². The van der Waals surface area contributed by atoms with Crippen LogP contribution in [0, 0.1) is 11.7 Å². The van der Waals surface area contributed by atoms with Crippen molar-refractivity contribution in [1.29, 1.82) is 0 Å². The topological polar surface area (TPSA) is 74.8 Å². The number of methoxy groups -OCH3 is 1. The van der Waals surface area contributed by atoms with Gasteiger partial charge in [0.2, 0.25) is 5.88 Å². The lowest BCUT2D eigenvalue weighted by atomic mass is 9.96. The molecule has 2 amide bonds. The van der Waals surface area contributed by atoms with E-state index in [0.717, 1.165) is 31.5 Å². The molecule has 1 fully saturated rings. The van der Waals surface area contributed by atoms with Crippen molar-refractivity contribution in [3.63, 3.8) is 0 Å². The molecule has 1 aromatic heterocycles. The predicted octanol–water partition coefficient (Wildman–Crippen LogP) is 2.97. The molecule has 0 bridgehead atoms. The zero-order valence-electron chi connectivity index (χ0n) is 18.0. The van der Waals surface area contributed by atoms with Gasteiger partial charge in [-0.1, -0.05) is 6.07 Å². The van der Waals surface area contributed by atoms with E-state index < -0.39 is 0 Å². The maximum atomic E-state index is 13.0. The van der Waals surface area contributed by atoms with E-state index in [2.05, 4.69) is 15.2 Å². The zero-order chi connectivity index (χ0) is 22.2. The van der Waals surface area contributed by atoms with E-state index in [-0.39, 0.29) is 17.6 Å². The third kappa shape index (κ3) is 6.49. The highest BCUT2D eigenvalue weighted by Gasteiger charge is 2.23. The molecule has 0 spiro atoms. The molecule has 1 saturated heterocycles. The molecular formula is C23H29FN4O3. The van der Waals surface area contributed by atoms with Crippen LogP contribution in [0.25, 0.3) is 0 Å². The minimum atomic E-state index is -0.343. The fourth-order valence-electron chi connectivity index (χ4n) is 3.78. The Kier molecular flexibility index (Phi) is 7.94. The summed E-state index contributed by atoms with van der Waals surface area (Å²) in [6.07, 6.45) is 3.49. The minimum absolute atomic E-state index is 0.000718. The van der Waals surface area contributed by atoms with E-state index in [1.807, 2.05) is 12.1 Å². The fourth-order valence-corrected chi connectivity index (χ4v) is 3.78. The number of piperidine rings is 1. The highest BCUT2D eigenvalue weighted by molar-refractivity contribution is 5.97. The fraction of sp³-hybridized carbons (Fsp3) is 0.435. The first-order valence-corrected chi connectivity index (χ1v) is 10.4. The van der Waals surface area contributed by atoms with E-state index in [1.165, 1.54) is 24.3 Å². The van der Waals surface area contributed by atoms with Gasteiger partial charge in [0.1, 0.15) is 5.82 Å². The van der Waals surface area contributed by atoms with Gasteiger partial charge in [0.05, 0.1) is 13.7 Å². The van der Waals surface area contributed by atoms with Crippen LogP contribution in [0.1, 0.15) is 28.8 Å². The molecule has 2 aromatic rings. The molecule has 1 N–H and O–H groups in total. The molecule has 0 unspecified atom stereocenters. The summed E-state index contributed by atoms with van der Waals surface area (Å²) >= 11 is 0. The van der Waals surface area contributed by atoms with Crippen molar-refractivity contribution in [2.24, 2.45) is 5.92 Å². The van der Waals surface area contributed by atoms with Crippen LogP contribution in [-0.2, 0) is 6.54 Å². The number of nitrogens with zero attached hydrogens (tertiary/aromatic N) is 3. The Hall–Kier alpha value is -3.00. The van der Waals surface area contributed by atoms with Crippen molar-refractivity contribution in [1.82, 2.24) is 20.1 Å². The van der Waals surface area contributed by atoms with Gasteiger partial charge in [0.25, 0.3) is 0 Å². The lowest BCUT2D eigenvalue weighted by molar-refractivity contribution is 0.0886. The van der Waals surface area contributed by atoms with E-state index in [0.29, 0.717) is 37.0 Å². The van der Waals surface area contributed by atoms with Gasteiger partial charge in [-0.2, -0.15) is 0 Å². The van der Waals surface area contributed by atoms with E-state index in [4.69, 9.17) is 4.74 Å². The minimum Gasteiger partial charge on any atom is -0.481 e. The quantitative estimate of drug-likeness (QED) is 0.655. The Morgan fingerprint density at radius 2 is 1.94 bits per heavy atom. The number of hydrogen-bond donors (Lipinski definition) is 1. The number of rotatable bonds is 8. The smallest absolute Gasteiger partial charge is 0.317 e. The molecule has 7 nitrogen and oxygen atoms in total. The largest absolute Gasteiger partial charge is 0.481 e. The number of benzene rings is 1. The summed E-state index contributed by atoms with van der Waals surface area (Å²) in [5.74, 6) is 0.555. The average molecular weight is 429 g/mol. The third-order valence-electron chi connectivity index (χ3n) is 5.59. The summed E-state index contributed by atoms with van der Waals surface area (Å²) in [5, 5.41) is 2.91. The second-order valence-corrected chi connectivity index (χ2v) is 7.86. The number of halogens is 1. The number of ketones is 1. The van der Waals surface area contributed by atoms with Crippen LogP contribution in [0.2, 0.25) is 0 Å². The van der Waals surface area contributed by atoms with Crippen molar-refractivity contribution in [2.75, 3.05) is 40.3 Å². The molecular weight excluding hydrogens is 399 g/mol. The number of likely N-dealkylation sites (tertiary alicyclic amines) is 1. The standard InChI is InChI=1S/C23H29FN4O3/c1-27(23(30)26-14-19-4-3-11-25-22(19)31-2)15-17-9-12-28(13-10-17)16-21(29)18-5-7-20(24)8-6-18/h3-8,11,17H,9-10,12-16H2,1-2H3,(H,26,30). The first kappa shape index (κ1) is 22.7. The second-order valence-electron chi connectivity index (χ2n) is 7.86. The Labute approximate surface area is 182 Å². The summed E-state index contributed by atoms with van der Waals surface area (Å²) in [6.45, 7) is 2.96. The van der Waals surface area contributed by atoms with Crippen molar-refractivity contribution >= 4 is 11.8 Å². The summed E-state index contributed by atoms with van der Waals surface area (Å²) in [6, 6.07) is 9.21. The molecule has 2 heterocycles. The number of aromatic nitrogens is 1. The number of carbonyl (C=O) groups is 2. The second kappa shape index (κ2) is 10.9. The van der Waals surface area contributed by atoms with Gasteiger partial charge in [-0.3, -0.25) is 9.69 Å². The van der Waals surface area contributed by atoms with Crippen LogP contribution >= 0.6 is 0 Å². The maximum absolute atomic E-state index is 13.0. The number of amides is 2. The monoisotopic (exact) mass is 428 g/mol. The van der Waals surface area contributed by atoms with Crippen LogP contribution in [-0.4, -0.2) is 66.9 Å². The van der Waals surface area contributed by atoms with Crippen LogP contribution < -0.4 is 10.1 Å². The SMILES string of the molecule is COc1ncccc1CNC(=O)N(C)CC1CCN(CC(=O)c2ccc(F)cc2)CC1. The number of pyridine rings is 1. The molecule has 8 heteroatoms. The lowest BCUT2D eigenvalue weighted by Crippen LogP contribution is -2.43. The molecule has 0 atom stereocenters. The third-order valence-corrected chi connectivity index (χ3v) is 5.59. The molecule has 31 heavy (non-hydrogen) atoms. The highest BCUT2D eigenvalue weighted by Crippen LogP contribution is 2.19. The van der Waals surface area contributed by atoms with Gasteiger partial charge < -0.3 is 15.0 Å². The Bertz CT molecular complexity index is 883. The number of ether oxygens (including phenoxy) is 1. The maximum Gasteiger partial charge on any atom is 0.317 e.